The fourth-order valence-electron chi connectivity index (χ4n) is 1.77. The highest BCUT2D eigenvalue weighted by molar-refractivity contribution is 6.33. The lowest BCUT2D eigenvalue weighted by Gasteiger charge is -2.21. The fraction of sp³-hybridized carbons (Fsp3) is 0.529. The van der Waals surface area contributed by atoms with E-state index in [1.165, 1.54) is 0 Å². The molecule has 0 heterocycles. The van der Waals surface area contributed by atoms with Crippen molar-refractivity contribution in [2.24, 2.45) is 4.99 Å². The third-order valence-electron chi connectivity index (χ3n) is 3.34. The number of carbonyl (C=O) groups is 1. The van der Waals surface area contributed by atoms with Gasteiger partial charge in [-0.05, 0) is 32.9 Å². The first-order valence-corrected chi connectivity index (χ1v) is 8.37. The Morgan fingerprint density at radius 3 is 2.50 bits per heavy atom. The molecule has 0 bridgehead atoms. The van der Waals surface area contributed by atoms with Crippen molar-refractivity contribution in [2.45, 2.75) is 26.4 Å². The summed E-state index contributed by atoms with van der Waals surface area (Å²) in [6.45, 7) is 8.25. The molecule has 0 saturated carbocycles. The third-order valence-corrected chi connectivity index (χ3v) is 3.67. The zero-order chi connectivity index (χ0) is 18.0. The van der Waals surface area contributed by atoms with Crippen LogP contribution in [0.5, 0.6) is 0 Å². The molecule has 0 saturated heterocycles. The average Bonchev–Trinajstić information content (AvgIpc) is 2.56. The number of nitrogens with zero attached hydrogens (tertiary/aromatic N) is 1. The summed E-state index contributed by atoms with van der Waals surface area (Å²) in [5, 5.41) is 9.60. The standard InChI is InChI=1S/C17H27ClN4O2/c1-5-19-16(22-12-17(2,3)24-4)21-11-10-20-15(23)13-8-6-7-9-14(13)18/h6-9H,5,10-12H2,1-4H3,(H,20,23)(H2,19,21,22). The minimum Gasteiger partial charge on any atom is -0.377 e. The molecular weight excluding hydrogens is 328 g/mol. The molecule has 134 valence electrons. The normalized spacial score (nSPS) is 12.0. The van der Waals surface area contributed by atoms with Gasteiger partial charge in [-0.15, -0.1) is 0 Å². The number of halogens is 1. The summed E-state index contributed by atoms with van der Waals surface area (Å²) in [7, 11) is 1.67. The number of guanidine groups is 1. The van der Waals surface area contributed by atoms with Gasteiger partial charge in [-0.2, -0.15) is 0 Å². The molecule has 0 spiro atoms. The Labute approximate surface area is 149 Å². The van der Waals surface area contributed by atoms with Crippen molar-refractivity contribution >= 4 is 23.5 Å². The van der Waals surface area contributed by atoms with E-state index in [1.54, 1.807) is 31.4 Å². The molecule has 0 aliphatic rings. The van der Waals surface area contributed by atoms with Crippen LogP contribution in [-0.4, -0.2) is 50.8 Å². The van der Waals surface area contributed by atoms with Gasteiger partial charge in [0.2, 0.25) is 0 Å². The second-order valence-corrected chi connectivity index (χ2v) is 6.23. The highest BCUT2D eigenvalue weighted by Crippen LogP contribution is 2.14. The number of hydrogen-bond acceptors (Lipinski definition) is 3. The van der Waals surface area contributed by atoms with E-state index >= 15 is 0 Å². The molecule has 1 aromatic rings. The van der Waals surface area contributed by atoms with Gasteiger partial charge in [-0.1, -0.05) is 23.7 Å². The summed E-state index contributed by atoms with van der Waals surface area (Å²) < 4.78 is 5.35. The van der Waals surface area contributed by atoms with Gasteiger partial charge in [0, 0.05) is 26.7 Å². The predicted octanol–water partition coefficient (Wildman–Crippen LogP) is 2.05. The number of aliphatic imine (C=N–C) groups is 1. The monoisotopic (exact) mass is 354 g/mol. The molecule has 0 aromatic heterocycles. The van der Waals surface area contributed by atoms with Crippen molar-refractivity contribution in [2.75, 3.05) is 33.3 Å². The van der Waals surface area contributed by atoms with Crippen LogP contribution in [0.4, 0.5) is 0 Å². The summed E-state index contributed by atoms with van der Waals surface area (Å²) in [4.78, 5) is 16.5. The number of amides is 1. The molecule has 0 unspecified atom stereocenters. The van der Waals surface area contributed by atoms with Crippen molar-refractivity contribution < 1.29 is 9.53 Å². The summed E-state index contributed by atoms with van der Waals surface area (Å²) >= 11 is 6.00. The molecule has 3 N–H and O–H groups in total. The van der Waals surface area contributed by atoms with E-state index < -0.39 is 0 Å². The highest BCUT2D eigenvalue weighted by Gasteiger charge is 2.15. The van der Waals surface area contributed by atoms with E-state index in [0.29, 0.717) is 36.2 Å². The van der Waals surface area contributed by atoms with Crippen LogP contribution in [0.2, 0.25) is 5.02 Å². The van der Waals surface area contributed by atoms with Crippen molar-refractivity contribution in [3.8, 4) is 0 Å². The maximum absolute atomic E-state index is 12.0. The molecular formula is C17H27ClN4O2. The van der Waals surface area contributed by atoms with Crippen LogP contribution in [0.25, 0.3) is 0 Å². The van der Waals surface area contributed by atoms with Gasteiger partial charge in [0.25, 0.3) is 5.91 Å². The SMILES string of the molecule is CCNC(=NCC(C)(C)OC)NCCNC(=O)c1ccccc1Cl. The molecule has 1 aromatic carbocycles. The van der Waals surface area contributed by atoms with Gasteiger partial charge in [0.15, 0.2) is 5.96 Å². The lowest BCUT2D eigenvalue weighted by Crippen LogP contribution is -2.42. The second-order valence-electron chi connectivity index (χ2n) is 5.82. The first-order chi connectivity index (χ1) is 11.4. The maximum Gasteiger partial charge on any atom is 0.252 e. The van der Waals surface area contributed by atoms with Gasteiger partial charge in [-0.25, -0.2) is 0 Å². The predicted molar refractivity (Wildman–Crippen MR) is 98.9 cm³/mol. The number of ether oxygens (including phenoxy) is 1. The van der Waals surface area contributed by atoms with E-state index in [-0.39, 0.29) is 11.5 Å². The minimum atomic E-state index is -0.319. The number of nitrogens with one attached hydrogen (secondary N) is 3. The molecule has 6 nitrogen and oxygen atoms in total. The molecule has 0 radical (unpaired) electrons. The molecule has 24 heavy (non-hydrogen) atoms. The quantitative estimate of drug-likeness (QED) is 0.379. The van der Waals surface area contributed by atoms with E-state index in [1.807, 2.05) is 20.8 Å². The molecule has 0 aliphatic carbocycles. The molecule has 0 atom stereocenters. The smallest absolute Gasteiger partial charge is 0.252 e. The Morgan fingerprint density at radius 1 is 1.21 bits per heavy atom. The summed E-state index contributed by atoms with van der Waals surface area (Å²) in [5.74, 6) is 0.500. The minimum absolute atomic E-state index is 0.190. The van der Waals surface area contributed by atoms with Gasteiger partial charge < -0.3 is 20.7 Å². The van der Waals surface area contributed by atoms with E-state index in [2.05, 4.69) is 20.9 Å². The van der Waals surface area contributed by atoms with Gasteiger partial charge in [-0.3, -0.25) is 9.79 Å². The van der Waals surface area contributed by atoms with Crippen LogP contribution in [0.3, 0.4) is 0 Å². The largest absolute Gasteiger partial charge is 0.377 e. The molecule has 1 amide bonds. The number of benzene rings is 1. The second kappa shape index (κ2) is 10.2. The van der Waals surface area contributed by atoms with Crippen molar-refractivity contribution in [3.05, 3.63) is 34.9 Å². The Bertz CT molecular complexity index is 561. The van der Waals surface area contributed by atoms with Crippen LogP contribution < -0.4 is 16.0 Å². The van der Waals surface area contributed by atoms with Crippen LogP contribution in [0.15, 0.2) is 29.3 Å². The lowest BCUT2D eigenvalue weighted by molar-refractivity contribution is 0.0310. The van der Waals surface area contributed by atoms with Gasteiger partial charge >= 0.3 is 0 Å². The molecule has 0 aliphatic heterocycles. The molecule has 0 fully saturated rings. The molecule has 1 rings (SSSR count). The number of carbonyl (C=O) groups excluding carboxylic acids is 1. The Hall–Kier alpha value is -1.79. The van der Waals surface area contributed by atoms with E-state index in [4.69, 9.17) is 16.3 Å². The van der Waals surface area contributed by atoms with E-state index in [0.717, 1.165) is 6.54 Å². The lowest BCUT2D eigenvalue weighted by atomic mass is 10.1. The van der Waals surface area contributed by atoms with Crippen LogP contribution >= 0.6 is 11.6 Å². The Kier molecular flexibility index (Phi) is 8.57. The first kappa shape index (κ1) is 20.3. The number of rotatable bonds is 8. The van der Waals surface area contributed by atoms with Crippen LogP contribution in [0.1, 0.15) is 31.1 Å². The number of hydrogen-bond donors (Lipinski definition) is 3. The zero-order valence-corrected chi connectivity index (χ0v) is 15.5. The summed E-state index contributed by atoms with van der Waals surface area (Å²) in [6, 6.07) is 6.97. The summed E-state index contributed by atoms with van der Waals surface area (Å²) in [5.41, 5.74) is 0.155. The summed E-state index contributed by atoms with van der Waals surface area (Å²) in [6.07, 6.45) is 0. The maximum atomic E-state index is 12.0. The Morgan fingerprint density at radius 2 is 1.88 bits per heavy atom. The first-order valence-electron chi connectivity index (χ1n) is 7.99. The van der Waals surface area contributed by atoms with Crippen LogP contribution in [0, 0.1) is 0 Å². The zero-order valence-electron chi connectivity index (χ0n) is 14.8. The average molecular weight is 355 g/mol. The van der Waals surface area contributed by atoms with Crippen molar-refractivity contribution in [1.29, 1.82) is 0 Å². The highest BCUT2D eigenvalue weighted by atomic mass is 35.5. The van der Waals surface area contributed by atoms with Crippen molar-refractivity contribution in [1.82, 2.24) is 16.0 Å². The number of methoxy groups -OCH3 is 1. The van der Waals surface area contributed by atoms with Gasteiger partial charge in [0.1, 0.15) is 0 Å². The topological polar surface area (TPSA) is 74.8 Å². The Balaban J connectivity index is 2.44. The molecule has 7 heteroatoms. The van der Waals surface area contributed by atoms with E-state index in [9.17, 15) is 4.79 Å². The fourth-order valence-corrected chi connectivity index (χ4v) is 1.99. The van der Waals surface area contributed by atoms with Crippen LogP contribution in [-0.2, 0) is 4.74 Å². The third kappa shape index (κ3) is 7.19. The van der Waals surface area contributed by atoms with Crippen molar-refractivity contribution in [3.63, 3.8) is 0 Å². The van der Waals surface area contributed by atoms with Gasteiger partial charge in [0.05, 0.1) is 22.7 Å².